The van der Waals surface area contributed by atoms with Crippen molar-refractivity contribution in [3.63, 3.8) is 0 Å². The lowest BCUT2D eigenvalue weighted by atomic mass is 9.94. The van der Waals surface area contributed by atoms with Gasteiger partial charge in [0.15, 0.2) is 6.29 Å². The third-order valence-corrected chi connectivity index (χ3v) is 3.35. The van der Waals surface area contributed by atoms with Crippen LogP contribution in [0, 0.1) is 5.41 Å². The summed E-state index contributed by atoms with van der Waals surface area (Å²) in [5, 5.41) is 18.8. The van der Waals surface area contributed by atoms with Crippen molar-refractivity contribution in [3.05, 3.63) is 0 Å². The van der Waals surface area contributed by atoms with E-state index in [9.17, 15) is 5.11 Å². The van der Waals surface area contributed by atoms with E-state index in [4.69, 9.17) is 9.84 Å². The minimum absolute atomic E-state index is 0.0639. The summed E-state index contributed by atoms with van der Waals surface area (Å²) in [4.78, 5) is 0. The molecule has 0 saturated carbocycles. The molecule has 0 aromatic carbocycles. The average Bonchev–Trinajstić information content (AvgIpc) is 2.36. The Bertz CT molecular complexity index is 181. The van der Waals surface area contributed by atoms with Gasteiger partial charge in [-0.15, -0.1) is 0 Å². The topological polar surface area (TPSA) is 49.7 Å². The van der Waals surface area contributed by atoms with Crippen LogP contribution in [0.1, 0.15) is 72.1 Å². The standard InChI is InChI=1S/C15H32O3/c1-4-5-6-7-8-9-10-11-12-18-14(17)15(2,3)13-16/h14,16-17H,4-13H2,1-3H3. The maximum absolute atomic E-state index is 9.69. The predicted octanol–water partition coefficient (Wildman–Crippen LogP) is 3.48. The molecule has 0 radical (unpaired) electrons. The highest BCUT2D eigenvalue weighted by molar-refractivity contribution is 4.69. The lowest BCUT2D eigenvalue weighted by Gasteiger charge is -2.27. The van der Waals surface area contributed by atoms with Gasteiger partial charge in [0, 0.05) is 12.0 Å². The molecule has 18 heavy (non-hydrogen) atoms. The highest BCUT2D eigenvalue weighted by Gasteiger charge is 2.27. The van der Waals surface area contributed by atoms with Gasteiger partial charge in [0.05, 0.1) is 6.61 Å². The van der Waals surface area contributed by atoms with Gasteiger partial charge in [0.25, 0.3) is 0 Å². The first-order chi connectivity index (χ1) is 8.54. The Labute approximate surface area is 113 Å². The second-order valence-electron chi connectivity index (χ2n) is 5.84. The quantitative estimate of drug-likeness (QED) is 0.417. The van der Waals surface area contributed by atoms with E-state index in [1.165, 1.54) is 44.9 Å². The summed E-state index contributed by atoms with van der Waals surface area (Å²) in [6.07, 6.45) is 9.21. The van der Waals surface area contributed by atoms with Crippen molar-refractivity contribution in [3.8, 4) is 0 Å². The summed E-state index contributed by atoms with van der Waals surface area (Å²) in [6.45, 7) is 6.35. The second-order valence-corrected chi connectivity index (χ2v) is 5.84. The Morgan fingerprint density at radius 1 is 0.944 bits per heavy atom. The average molecular weight is 260 g/mol. The maximum atomic E-state index is 9.69. The summed E-state index contributed by atoms with van der Waals surface area (Å²) in [6, 6.07) is 0. The van der Waals surface area contributed by atoms with Crippen LogP contribution in [0.2, 0.25) is 0 Å². The van der Waals surface area contributed by atoms with E-state index in [1.807, 2.05) is 0 Å². The molecule has 0 saturated heterocycles. The van der Waals surface area contributed by atoms with Gasteiger partial charge >= 0.3 is 0 Å². The van der Waals surface area contributed by atoms with Crippen molar-refractivity contribution in [2.75, 3.05) is 13.2 Å². The monoisotopic (exact) mass is 260 g/mol. The first-order valence-electron chi connectivity index (χ1n) is 7.45. The van der Waals surface area contributed by atoms with Gasteiger partial charge in [-0.25, -0.2) is 0 Å². The highest BCUT2D eigenvalue weighted by Crippen LogP contribution is 2.20. The SMILES string of the molecule is CCCCCCCCCCOC(O)C(C)(C)CO. The molecule has 1 atom stereocenters. The molecule has 0 aliphatic heterocycles. The molecule has 0 amide bonds. The third kappa shape index (κ3) is 8.90. The van der Waals surface area contributed by atoms with Crippen LogP contribution < -0.4 is 0 Å². The summed E-state index contributed by atoms with van der Waals surface area (Å²) in [5.74, 6) is 0. The van der Waals surface area contributed by atoms with Gasteiger partial charge in [-0.05, 0) is 6.42 Å². The zero-order chi connectivity index (χ0) is 13.9. The van der Waals surface area contributed by atoms with Crippen molar-refractivity contribution in [2.24, 2.45) is 5.41 Å². The van der Waals surface area contributed by atoms with E-state index in [0.717, 1.165) is 6.42 Å². The predicted molar refractivity (Wildman–Crippen MR) is 75.4 cm³/mol. The maximum Gasteiger partial charge on any atom is 0.161 e. The molecule has 3 nitrogen and oxygen atoms in total. The van der Waals surface area contributed by atoms with E-state index < -0.39 is 11.7 Å². The van der Waals surface area contributed by atoms with E-state index >= 15 is 0 Å². The van der Waals surface area contributed by atoms with Crippen LogP contribution in [-0.4, -0.2) is 29.7 Å². The normalized spacial score (nSPS) is 13.8. The van der Waals surface area contributed by atoms with Crippen molar-refractivity contribution in [2.45, 2.75) is 78.4 Å². The molecule has 0 heterocycles. The third-order valence-electron chi connectivity index (χ3n) is 3.35. The zero-order valence-electron chi connectivity index (χ0n) is 12.5. The van der Waals surface area contributed by atoms with Crippen molar-refractivity contribution < 1.29 is 14.9 Å². The van der Waals surface area contributed by atoms with Gasteiger partial charge < -0.3 is 14.9 Å². The Morgan fingerprint density at radius 3 is 1.94 bits per heavy atom. The van der Waals surface area contributed by atoms with Gasteiger partial charge in [0.1, 0.15) is 0 Å². The number of hydrogen-bond donors (Lipinski definition) is 2. The lowest BCUT2D eigenvalue weighted by molar-refractivity contribution is -0.175. The van der Waals surface area contributed by atoms with Crippen molar-refractivity contribution in [1.82, 2.24) is 0 Å². The Hall–Kier alpha value is -0.120. The number of aliphatic hydroxyl groups excluding tert-OH is 2. The van der Waals surface area contributed by atoms with Crippen LogP contribution >= 0.6 is 0 Å². The number of hydrogen-bond acceptors (Lipinski definition) is 3. The summed E-state index contributed by atoms with van der Waals surface area (Å²) >= 11 is 0. The summed E-state index contributed by atoms with van der Waals surface area (Å²) < 4.78 is 5.34. The van der Waals surface area contributed by atoms with Crippen LogP contribution in [0.5, 0.6) is 0 Å². The lowest BCUT2D eigenvalue weighted by Crippen LogP contribution is -2.35. The molecule has 0 aromatic heterocycles. The summed E-state index contributed by atoms with van der Waals surface area (Å²) in [5.41, 5.74) is -0.569. The van der Waals surface area contributed by atoms with Crippen LogP contribution in [0.25, 0.3) is 0 Å². The molecule has 0 spiro atoms. The largest absolute Gasteiger partial charge is 0.396 e. The van der Waals surface area contributed by atoms with Crippen LogP contribution in [0.15, 0.2) is 0 Å². The first-order valence-corrected chi connectivity index (χ1v) is 7.45. The van der Waals surface area contributed by atoms with E-state index in [1.54, 1.807) is 13.8 Å². The number of aliphatic hydroxyl groups is 2. The van der Waals surface area contributed by atoms with Crippen molar-refractivity contribution >= 4 is 0 Å². The number of ether oxygens (including phenoxy) is 1. The molecule has 0 aliphatic carbocycles. The highest BCUT2D eigenvalue weighted by atomic mass is 16.6. The Morgan fingerprint density at radius 2 is 1.44 bits per heavy atom. The molecule has 110 valence electrons. The fraction of sp³-hybridized carbons (Fsp3) is 1.00. The van der Waals surface area contributed by atoms with Crippen LogP contribution in [-0.2, 0) is 4.74 Å². The molecule has 2 N–H and O–H groups in total. The fourth-order valence-corrected chi connectivity index (χ4v) is 1.73. The molecular formula is C15H32O3. The minimum atomic E-state index is -0.868. The van der Waals surface area contributed by atoms with E-state index in [2.05, 4.69) is 6.92 Å². The van der Waals surface area contributed by atoms with E-state index in [0.29, 0.717) is 6.61 Å². The summed E-state index contributed by atoms with van der Waals surface area (Å²) in [7, 11) is 0. The Kier molecular flexibility index (Phi) is 10.7. The van der Waals surface area contributed by atoms with Gasteiger partial charge in [0.2, 0.25) is 0 Å². The molecule has 0 bridgehead atoms. The molecular weight excluding hydrogens is 228 g/mol. The molecule has 3 heteroatoms. The molecule has 0 rings (SSSR count). The van der Waals surface area contributed by atoms with E-state index in [-0.39, 0.29) is 6.61 Å². The first kappa shape index (κ1) is 17.9. The van der Waals surface area contributed by atoms with Crippen LogP contribution in [0.4, 0.5) is 0 Å². The second kappa shape index (κ2) is 10.8. The van der Waals surface area contributed by atoms with Crippen LogP contribution in [0.3, 0.4) is 0 Å². The molecule has 1 unspecified atom stereocenters. The molecule has 0 aliphatic rings. The smallest absolute Gasteiger partial charge is 0.161 e. The Balaban J connectivity index is 3.30. The fourth-order valence-electron chi connectivity index (χ4n) is 1.73. The molecule has 0 aromatic rings. The minimum Gasteiger partial charge on any atom is -0.396 e. The zero-order valence-corrected chi connectivity index (χ0v) is 12.5. The van der Waals surface area contributed by atoms with Gasteiger partial charge in [-0.1, -0.05) is 65.7 Å². The number of rotatable bonds is 12. The van der Waals surface area contributed by atoms with Gasteiger partial charge in [-0.2, -0.15) is 0 Å². The number of unbranched alkanes of at least 4 members (excludes halogenated alkanes) is 7. The van der Waals surface area contributed by atoms with Gasteiger partial charge in [-0.3, -0.25) is 0 Å². The molecule has 0 fully saturated rings. The van der Waals surface area contributed by atoms with Crippen molar-refractivity contribution in [1.29, 1.82) is 0 Å².